The van der Waals surface area contributed by atoms with Gasteiger partial charge in [0.15, 0.2) is 11.6 Å². The molecule has 0 aliphatic rings. The van der Waals surface area contributed by atoms with E-state index in [-0.39, 0.29) is 17.2 Å². The van der Waals surface area contributed by atoms with Crippen LogP contribution in [0, 0.1) is 11.6 Å². The van der Waals surface area contributed by atoms with Gasteiger partial charge in [-0.1, -0.05) is 30.3 Å². The Hall–Kier alpha value is -5.12. The number of benzene rings is 2. The summed E-state index contributed by atoms with van der Waals surface area (Å²) in [5, 5.41) is 8.99. The number of aryl methyl sites for hydroxylation is 1. The Morgan fingerprint density at radius 3 is 2.51 bits per heavy atom. The van der Waals surface area contributed by atoms with Crippen LogP contribution in [0.4, 0.5) is 25.0 Å². The third-order valence-corrected chi connectivity index (χ3v) is 5.36. The molecule has 2 N–H and O–H groups in total. The molecular formula is C27H20F2N6O2. The molecule has 0 radical (unpaired) electrons. The smallest absolute Gasteiger partial charge is 0.323 e. The maximum absolute atomic E-state index is 14.8. The van der Waals surface area contributed by atoms with Crippen LogP contribution in [0.3, 0.4) is 0 Å². The molecule has 0 unspecified atom stereocenters. The minimum atomic E-state index is -1.26. The largest absolute Gasteiger partial charge is 0.454 e. The second-order valence-electron chi connectivity index (χ2n) is 8.03. The van der Waals surface area contributed by atoms with Crippen LogP contribution in [0.5, 0.6) is 11.5 Å². The molecule has 0 bridgehead atoms. The van der Waals surface area contributed by atoms with Crippen LogP contribution in [0.15, 0.2) is 91.6 Å². The number of rotatable bonds is 6. The fourth-order valence-corrected chi connectivity index (χ4v) is 3.60. The van der Waals surface area contributed by atoms with Gasteiger partial charge in [0.2, 0.25) is 5.82 Å². The average molecular weight is 498 g/mol. The van der Waals surface area contributed by atoms with Crippen LogP contribution < -0.4 is 15.4 Å². The molecule has 2 aromatic carbocycles. The van der Waals surface area contributed by atoms with E-state index in [2.05, 4.69) is 25.7 Å². The van der Waals surface area contributed by atoms with E-state index < -0.39 is 17.7 Å². The zero-order valence-electron chi connectivity index (χ0n) is 19.5. The number of hydrogen-bond acceptors (Lipinski definition) is 5. The number of ether oxygens (including phenoxy) is 1. The number of nitrogens with one attached hydrogen (secondary N) is 2. The molecule has 5 rings (SSSR count). The molecular weight excluding hydrogens is 478 g/mol. The van der Waals surface area contributed by atoms with Crippen LogP contribution in [-0.2, 0) is 7.05 Å². The van der Waals surface area contributed by atoms with E-state index >= 15 is 0 Å². The van der Waals surface area contributed by atoms with Crippen LogP contribution in [0.25, 0.3) is 22.4 Å². The summed E-state index contributed by atoms with van der Waals surface area (Å²) in [6, 6.07) is 16.0. The SMILES string of the molecule is Cn1cc(-c2cc(Oc3ccc(NC(=O)Nc4cncc(-c5ccccc5)c4)c(F)c3F)ccn2)cn1. The van der Waals surface area contributed by atoms with Gasteiger partial charge in [0.05, 0.1) is 29.5 Å². The number of amides is 2. The second-order valence-corrected chi connectivity index (χ2v) is 8.03. The molecule has 0 aliphatic heterocycles. The molecule has 0 aliphatic carbocycles. The van der Waals surface area contributed by atoms with Gasteiger partial charge in [-0.05, 0) is 29.8 Å². The fraction of sp³-hybridized carbons (Fsp3) is 0.0370. The van der Waals surface area contributed by atoms with Crippen LogP contribution >= 0.6 is 0 Å². The summed E-state index contributed by atoms with van der Waals surface area (Å²) in [6.45, 7) is 0. The van der Waals surface area contributed by atoms with Gasteiger partial charge in [0.1, 0.15) is 5.75 Å². The minimum absolute atomic E-state index is 0.261. The van der Waals surface area contributed by atoms with Crippen molar-refractivity contribution in [1.29, 1.82) is 0 Å². The standard InChI is InChI=1S/C27H20F2N6O2/c1-35-16-19(14-32-35)23-12-21(9-10-31-23)37-24-8-7-22(25(28)26(24)29)34-27(36)33-20-11-18(13-30-15-20)17-5-3-2-4-6-17/h2-16H,1H3,(H2,33,34,36). The molecule has 37 heavy (non-hydrogen) atoms. The van der Waals surface area contributed by atoms with Gasteiger partial charge in [-0.15, -0.1) is 0 Å². The molecule has 2 amide bonds. The number of halogens is 2. The first kappa shape index (κ1) is 23.6. The lowest BCUT2D eigenvalue weighted by atomic mass is 10.1. The predicted octanol–water partition coefficient (Wildman–Crippen LogP) is 6.26. The Morgan fingerprint density at radius 2 is 1.73 bits per heavy atom. The number of pyridine rings is 2. The predicted molar refractivity (Wildman–Crippen MR) is 135 cm³/mol. The number of urea groups is 1. The molecule has 3 heterocycles. The third-order valence-electron chi connectivity index (χ3n) is 5.36. The van der Waals surface area contributed by atoms with Gasteiger partial charge in [0, 0.05) is 42.8 Å². The van der Waals surface area contributed by atoms with E-state index in [0.717, 1.165) is 16.7 Å². The first-order valence-electron chi connectivity index (χ1n) is 11.2. The highest BCUT2D eigenvalue weighted by Gasteiger charge is 2.17. The Labute approximate surface area is 210 Å². The highest BCUT2D eigenvalue weighted by Crippen LogP contribution is 2.31. The third kappa shape index (κ3) is 5.43. The molecule has 0 spiro atoms. The number of carbonyl (C=O) groups is 1. The lowest BCUT2D eigenvalue weighted by molar-refractivity contribution is 0.262. The Kier molecular flexibility index (Phi) is 6.54. The van der Waals surface area contributed by atoms with Crippen molar-refractivity contribution in [3.05, 3.63) is 103 Å². The zero-order valence-corrected chi connectivity index (χ0v) is 19.5. The van der Waals surface area contributed by atoms with Gasteiger partial charge < -0.3 is 15.4 Å². The summed E-state index contributed by atoms with van der Waals surface area (Å²) < 4.78 is 36.7. The molecule has 3 aromatic heterocycles. The molecule has 8 nitrogen and oxygen atoms in total. The van der Waals surface area contributed by atoms with Gasteiger partial charge >= 0.3 is 6.03 Å². The lowest BCUT2D eigenvalue weighted by Gasteiger charge is -2.12. The molecule has 0 atom stereocenters. The van der Waals surface area contributed by atoms with Crippen molar-refractivity contribution < 1.29 is 18.3 Å². The van der Waals surface area contributed by atoms with E-state index in [1.165, 1.54) is 30.6 Å². The highest BCUT2D eigenvalue weighted by atomic mass is 19.2. The van der Waals surface area contributed by atoms with E-state index in [1.807, 2.05) is 30.3 Å². The first-order chi connectivity index (χ1) is 18.0. The van der Waals surface area contributed by atoms with E-state index in [0.29, 0.717) is 11.4 Å². The number of aromatic nitrogens is 4. The van der Waals surface area contributed by atoms with E-state index in [9.17, 15) is 13.6 Å². The summed E-state index contributed by atoms with van der Waals surface area (Å²) in [4.78, 5) is 20.8. The quantitative estimate of drug-likeness (QED) is 0.288. The van der Waals surface area contributed by atoms with Gasteiger partial charge in [-0.25, -0.2) is 9.18 Å². The van der Waals surface area contributed by atoms with Crippen molar-refractivity contribution in [2.24, 2.45) is 7.05 Å². The summed E-state index contributed by atoms with van der Waals surface area (Å²) in [5.41, 5.74) is 3.06. The molecule has 5 aromatic rings. The van der Waals surface area contributed by atoms with Gasteiger partial charge in [-0.3, -0.25) is 14.6 Å². The van der Waals surface area contributed by atoms with Crippen molar-refractivity contribution in [3.63, 3.8) is 0 Å². The summed E-state index contributed by atoms with van der Waals surface area (Å²) >= 11 is 0. The van der Waals surface area contributed by atoms with Crippen molar-refractivity contribution in [1.82, 2.24) is 19.7 Å². The number of nitrogens with zero attached hydrogens (tertiary/aromatic N) is 4. The van der Waals surface area contributed by atoms with Crippen molar-refractivity contribution in [2.75, 3.05) is 10.6 Å². The summed E-state index contributed by atoms with van der Waals surface area (Å²) in [5.74, 6) is -2.58. The normalized spacial score (nSPS) is 10.7. The van der Waals surface area contributed by atoms with Gasteiger partial charge in [0.25, 0.3) is 0 Å². The molecule has 10 heteroatoms. The van der Waals surface area contributed by atoms with Crippen LogP contribution in [0.1, 0.15) is 0 Å². The molecule has 0 fully saturated rings. The minimum Gasteiger partial charge on any atom is -0.454 e. The van der Waals surface area contributed by atoms with Crippen molar-refractivity contribution in [2.45, 2.75) is 0 Å². The first-order valence-corrected chi connectivity index (χ1v) is 11.2. The monoisotopic (exact) mass is 498 g/mol. The highest BCUT2D eigenvalue weighted by molar-refractivity contribution is 6.00. The molecule has 0 saturated heterocycles. The second kappa shape index (κ2) is 10.2. The van der Waals surface area contributed by atoms with Crippen LogP contribution in [0.2, 0.25) is 0 Å². The van der Waals surface area contributed by atoms with E-state index in [1.54, 1.807) is 42.5 Å². The van der Waals surface area contributed by atoms with Gasteiger partial charge in [-0.2, -0.15) is 9.49 Å². The van der Waals surface area contributed by atoms with Crippen LogP contribution in [-0.4, -0.2) is 25.8 Å². The topological polar surface area (TPSA) is 94.0 Å². The Balaban J connectivity index is 1.28. The van der Waals surface area contributed by atoms with Crippen molar-refractivity contribution >= 4 is 17.4 Å². The van der Waals surface area contributed by atoms with Crippen molar-refractivity contribution in [3.8, 4) is 33.9 Å². The van der Waals surface area contributed by atoms with E-state index in [4.69, 9.17) is 4.74 Å². The molecule has 0 saturated carbocycles. The number of anilines is 2. The zero-order chi connectivity index (χ0) is 25.8. The summed E-state index contributed by atoms with van der Waals surface area (Å²) in [6.07, 6.45) is 8.01. The average Bonchev–Trinajstić information content (AvgIpc) is 3.35. The maximum Gasteiger partial charge on any atom is 0.323 e. The lowest BCUT2D eigenvalue weighted by Crippen LogP contribution is -2.20. The summed E-state index contributed by atoms with van der Waals surface area (Å²) in [7, 11) is 1.77. The Bertz CT molecular complexity index is 1570. The maximum atomic E-state index is 14.8. The Morgan fingerprint density at radius 1 is 0.892 bits per heavy atom. The fourth-order valence-electron chi connectivity index (χ4n) is 3.60. The number of hydrogen-bond donors (Lipinski definition) is 2. The molecule has 184 valence electrons. The number of carbonyl (C=O) groups excluding carboxylic acids is 1.